The fourth-order valence-corrected chi connectivity index (χ4v) is 4.40. The van der Waals surface area contributed by atoms with Crippen molar-refractivity contribution in [1.29, 1.82) is 0 Å². The van der Waals surface area contributed by atoms with Crippen molar-refractivity contribution in [2.24, 2.45) is 5.92 Å². The van der Waals surface area contributed by atoms with Gasteiger partial charge in [0.2, 0.25) is 21.8 Å². The van der Waals surface area contributed by atoms with Crippen molar-refractivity contribution in [2.75, 3.05) is 23.7 Å². The third kappa shape index (κ3) is 8.93. The van der Waals surface area contributed by atoms with E-state index in [0.717, 1.165) is 10.6 Å². The number of benzene rings is 2. The minimum atomic E-state index is -3.66. The Kier molecular flexibility index (Phi) is 10.2. The lowest BCUT2D eigenvalue weighted by Crippen LogP contribution is -2.48. The molecule has 192 valence electrons. The summed E-state index contributed by atoms with van der Waals surface area (Å²) in [5.41, 5.74) is 0.957. The summed E-state index contributed by atoms with van der Waals surface area (Å²) < 4.78 is 52.2. The molecule has 0 aliphatic carbocycles. The van der Waals surface area contributed by atoms with Gasteiger partial charge in [0.1, 0.15) is 17.7 Å². The largest absolute Gasteiger partial charge is 0.354 e. The van der Waals surface area contributed by atoms with Gasteiger partial charge in [-0.3, -0.25) is 13.9 Å². The van der Waals surface area contributed by atoms with Crippen LogP contribution in [0.5, 0.6) is 0 Å². The maximum absolute atomic E-state index is 13.3. The van der Waals surface area contributed by atoms with Gasteiger partial charge in [0.05, 0.1) is 11.9 Å². The second kappa shape index (κ2) is 12.6. The molecule has 0 saturated carbocycles. The SMILES string of the molecule is CC(C)CNC(=O)C(C)N(Cc1ccc(F)cc1)C(=O)CCCN(c1ccc(F)cc1)S(C)(=O)=O. The van der Waals surface area contributed by atoms with Crippen LogP contribution < -0.4 is 9.62 Å². The van der Waals surface area contributed by atoms with Crippen molar-refractivity contribution in [1.82, 2.24) is 10.2 Å². The maximum atomic E-state index is 13.3. The molecule has 0 radical (unpaired) electrons. The molecule has 35 heavy (non-hydrogen) atoms. The highest BCUT2D eigenvalue weighted by molar-refractivity contribution is 7.92. The highest BCUT2D eigenvalue weighted by Gasteiger charge is 2.26. The fraction of sp³-hybridized carbons (Fsp3) is 0.440. The van der Waals surface area contributed by atoms with E-state index in [2.05, 4.69) is 5.32 Å². The molecule has 10 heteroatoms. The summed E-state index contributed by atoms with van der Waals surface area (Å²) in [6.45, 7) is 6.11. The average molecular weight is 510 g/mol. The van der Waals surface area contributed by atoms with Gasteiger partial charge in [-0.05, 0) is 61.2 Å². The number of carbonyl (C=O) groups excluding carboxylic acids is 2. The Morgan fingerprint density at radius 2 is 1.49 bits per heavy atom. The molecule has 2 aromatic carbocycles. The van der Waals surface area contributed by atoms with Gasteiger partial charge < -0.3 is 10.2 Å². The van der Waals surface area contributed by atoms with E-state index in [0.29, 0.717) is 17.8 Å². The van der Waals surface area contributed by atoms with Crippen LogP contribution in [0.25, 0.3) is 0 Å². The first kappa shape index (κ1) is 28.2. The van der Waals surface area contributed by atoms with Crippen LogP contribution in [0.4, 0.5) is 14.5 Å². The zero-order valence-corrected chi connectivity index (χ0v) is 21.3. The molecule has 0 heterocycles. The third-order valence-electron chi connectivity index (χ3n) is 5.38. The highest BCUT2D eigenvalue weighted by atomic mass is 32.2. The van der Waals surface area contributed by atoms with E-state index < -0.39 is 27.7 Å². The van der Waals surface area contributed by atoms with Crippen LogP contribution in [0.1, 0.15) is 39.2 Å². The number of nitrogens with zero attached hydrogens (tertiary/aromatic N) is 2. The molecule has 2 aromatic rings. The number of rotatable bonds is 12. The van der Waals surface area contributed by atoms with E-state index in [-0.39, 0.29) is 43.7 Å². The van der Waals surface area contributed by atoms with Gasteiger partial charge in [-0.1, -0.05) is 26.0 Å². The minimum Gasteiger partial charge on any atom is -0.354 e. The lowest BCUT2D eigenvalue weighted by atomic mass is 10.1. The molecule has 2 amide bonds. The lowest BCUT2D eigenvalue weighted by Gasteiger charge is -2.29. The van der Waals surface area contributed by atoms with Crippen LogP contribution in [-0.4, -0.2) is 50.5 Å². The topological polar surface area (TPSA) is 86.8 Å². The number of anilines is 1. The second-order valence-corrected chi connectivity index (χ2v) is 10.8. The maximum Gasteiger partial charge on any atom is 0.242 e. The summed E-state index contributed by atoms with van der Waals surface area (Å²) in [4.78, 5) is 27.3. The summed E-state index contributed by atoms with van der Waals surface area (Å²) >= 11 is 0. The molecule has 0 saturated heterocycles. The number of carbonyl (C=O) groups is 2. The fourth-order valence-electron chi connectivity index (χ4n) is 3.43. The Morgan fingerprint density at radius 3 is 2.00 bits per heavy atom. The molecule has 7 nitrogen and oxygen atoms in total. The summed E-state index contributed by atoms with van der Waals surface area (Å²) in [5.74, 6) is -1.30. The van der Waals surface area contributed by atoms with Crippen molar-refractivity contribution in [2.45, 2.75) is 46.2 Å². The van der Waals surface area contributed by atoms with E-state index in [4.69, 9.17) is 0 Å². The van der Waals surface area contributed by atoms with Gasteiger partial charge in [-0.2, -0.15) is 0 Å². The van der Waals surface area contributed by atoms with Gasteiger partial charge in [0.25, 0.3) is 0 Å². The van der Waals surface area contributed by atoms with Crippen molar-refractivity contribution in [3.63, 3.8) is 0 Å². The number of amides is 2. The first-order valence-corrected chi connectivity index (χ1v) is 13.3. The van der Waals surface area contributed by atoms with Crippen LogP contribution in [0, 0.1) is 17.6 Å². The van der Waals surface area contributed by atoms with Crippen LogP contribution in [0.15, 0.2) is 48.5 Å². The second-order valence-electron chi connectivity index (χ2n) is 8.88. The number of nitrogens with one attached hydrogen (secondary N) is 1. The van der Waals surface area contributed by atoms with Crippen molar-refractivity contribution in [3.05, 3.63) is 65.7 Å². The summed E-state index contributed by atoms with van der Waals surface area (Å²) in [6.07, 6.45) is 1.21. The summed E-state index contributed by atoms with van der Waals surface area (Å²) in [5, 5.41) is 2.82. The van der Waals surface area contributed by atoms with Crippen LogP contribution in [-0.2, 0) is 26.2 Å². The normalized spacial score (nSPS) is 12.3. The number of sulfonamides is 1. The Hall–Kier alpha value is -3.01. The van der Waals surface area contributed by atoms with Gasteiger partial charge in [0.15, 0.2) is 0 Å². The molecule has 1 atom stereocenters. The molecule has 0 spiro atoms. The quantitative estimate of drug-likeness (QED) is 0.473. The standard InChI is InChI=1S/C25H33F2N3O4S/c1-18(2)16-28-25(32)19(3)29(17-20-7-9-21(26)10-8-20)24(31)6-5-15-30(35(4,33)34)23-13-11-22(27)12-14-23/h7-14,18-19H,5-6,15-17H2,1-4H3,(H,28,32). The smallest absolute Gasteiger partial charge is 0.242 e. The Balaban J connectivity index is 2.14. The van der Waals surface area contributed by atoms with Gasteiger partial charge in [-0.25, -0.2) is 17.2 Å². The van der Waals surface area contributed by atoms with Crippen LogP contribution in [0.3, 0.4) is 0 Å². The van der Waals surface area contributed by atoms with Gasteiger partial charge >= 0.3 is 0 Å². The van der Waals surface area contributed by atoms with Crippen molar-refractivity contribution in [3.8, 4) is 0 Å². The highest BCUT2D eigenvalue weighted by Crippen LogP contribution is 2.19. The monoisotopic (exact) mass is 509 g/mol. The molecular formula is C25H33F2N3O4S. The Labute approximate surface area is 206 Å². The Bertz CT molecular complexity index is 1090. The molecule has 0 fully saturated rings. The van der Waals surface area contributed by atoms with Gasteiger partial charge in [0, 0.05) is 26.1 Å². The minimum absolute atomic E-state index is 0.00845. The van der Waals surface area contributed by atoms with E-state index >= 15 is 0 Å². The molecule has 0 bridgehead atoms. The lowest BCUT2D eigenvalue weighted by molar-refractivity contribution is -0.140. The first-order chi connectivity index (χ1) is 16.4. The van der Waals surface area contributed by atoms with E-state index in [1.54, 1.807) is 19.1 Å². The predicted molar refractivity (Wildman–Crippen MR) is 132 cm³/mol. The van der Waals surface area contributed by atoms with Crippen molar-refractivity contribution < 1.29 is 26.8 Å². The van der Waals surface area contributed by atoms with E-state index in [1.165, 1.54) is 41.3 Å². The van der Waals surface area contributed by atoms with Crippen LogP contribution in [0.2, 0.25) is 0 Å². The summed E-state index contributed by atoms with van der Waals surface area (Å²) in [7, 11) is -3.66. The number of halogens is 2. The van der Waals surface area contributed by atoms with Crippen molar-refractivity contribution >= 4 is 27.5 Å². The molecule has 1 unspecified atom stereocenters. The average Bonchev–Trinajstić information content (AvgIpc) is 2.79. The summed E-state index contributed by atoms with van der Waals surface area (Å²) in [6, 6.07) is 9.95. The number of hydrogen-bond acceptors (Lipinski definition) is 4. The predicted octanol–water partition coefficient (Wildman–Crippen LogP) is 3.70. The molecule has 0 aromatic heterocycles. The van der Waals surface area contributed by atoms with E-state index in [9.17, 15) is 26.8 Å². The zero-order valence-electron chi connectivity index (χ0n) is 20.5. The molecule has 0 aliphatic rings. The number of hydrogen-bond donors (Lipinski definition) is 1. The van der Waals surface area contributed by atoms with Gasteiger partial charge in [-0.15, -0.1) is 0 Å². The molecular weight excluding hydrogens is 476 g/mol. The molecule has 0 aliphatic heterocycles. The molecule has 2 rings (SSSR count). The Morgan fingerprint density at radius 1 is 0.943 bits per heavy atom. The molecule has 1 N–H and O–H groups in total. The first-order valence-electron chi connectivity index (χ1n) is 11.4. The zero-order chi connectivity index (χ0) is 26.2. The van der Waals surface area contributed by atoms with Crippen LogP contribution >= 0.6 is 0 Å². The van der Waals surface area contributed by atoms with E-state index in [1.807, 2.05) is 13.8 Å². The third-order valence-corrected chi connectivity index (χ3v) is 6.58.